The van der Waals surface area contributed by atoms with E-state index in [0.717, 1.165) is 12.6 Å². The Morgan fingerprint density at radius 1 is 1.29 bits per heavy atom. The molecule has 0 radical (unpaired) electrons. The van der Waals surface area contributed by atoms with Crippen molar-refractivity contribution in [3.05, 3.63) is 39.4 Å². The number of nitrogens with zero attached hydrogens (tertiary/aromatic N) is 2. The molecule has 0 bridgehead atoms. The average Bonchev–Trinajstić information content (AvgIpc) is 2.34. The van der Waals surface area contributed by atoms with Crippen LogP contribution in [0.15, 0.2) is 12.1 Å². The van der Waals surface area contributed by atoms with Crippen molar-refractivity contribution in [2.45, 2.75) is 26.4 Å². The van der Waals surface area contributed by atoms with Crippen molar-refractivity contribution in [1.29, 1.82) is 0 Å². The molecule has 1 rings (SSSR count). The van der Waals surface area contributed by atoms with Gasteiger partial charge in [-0.25, -0.2) is 4.39 Å². The number of halogens is 2. The summed E-state index contributed by atoms with van der Waals surface area (Å²) >= 11 is 0. The van der Waals surface area contributed by atoms with E-state index in [4.69, 9.17) is 0 Å². The Morgan fingerprint density at radius 3 is 2.38 bits per heavy atom. The summed E-state index contributed by atoms with van der Waals surface area (Å²) in [6, 6.07) is 1.61. The fourth-order valence-electron chi connectivity index (χ4n) is 2.00. The summed E-state index contributed by atoms with van der Waals surface area (Å²) in [5.74, 6) is -1.63. The lowest BCUT2D eigenvalue weighted by Crippen LogP contribution is -2.41. The van der Waals surface area contributed by atoms with Crippen LogP contribution in [-0.4, -0.2) is 36.5 Å². The van der Waals surface area contributed by atoms with Gasteiger partial charge in [0.1, 0.15) is 5.82 Å². The van der Waals surface area contributed by atoms with Crippen molar-refractivity contribution >= 4 is 5.69 Å². The molecular weight excluding hydrogens is 280 g/mol. The van der Waals surface area contributed by atoms with Crippen LogP contribution in [-0.2, 0) is 6.54 Å². The smallest absolute Gasteiger partial charge is 0.305 e. The maximum Gasteiger partial charge on any atom is 0.305 e. The molecule has 0 saturated heterocycles. The molecule has 1 atom stereocenters. The molecule has 7 heteroatoms. The van der Waals surface area contributed by atoms with Gasteiger partial charge in [-0.15, -0.1) is 0 Å². The second-order valence-corrected chi connectivity index (χ2v) is 5.65. The number of benzene rings is 1. The number of likely N-dealkylation sites (N-methyl/N-ethyl adjacent to an activating group) is 1. The maximum absolute atomic E-state index is 13.7. The zero-order chi connectivity index (χ0) is 16.2. The quantitative estimate of drug-likeness (QED) is 0.621. The van der Waals surface area contributed by atoms with Gasteiger partial charge in [-0.1, -0.05) is 13.8 Å². The Hall–Kier alpha value is -1.60. The van der Waals surface area contributed by atoms with E-state index in [9.17, 15) is 18.9 Å². The van der Waals surface area contributed by atoms with E-state index < -0.39 is 22.2 Å². The Labute approximate surface area is 123 Å². The highest BCUT2D eigenvalue weighted by atomic mass is 19.1. The lowest BCUT2D eigenvalue weighted by molar-refractivity contribution is -0.387. The van der Waals surface area contributed by atoms with Gasteiger partial charge in [0, 0.05) is 36.8 Å². The summed E-state index contributed by atoms with van der Waals surface area (Å²) in [5, 5.41) is 13.9. The number of rotatable bonds is 7. The molecule has 5 nitrogen and oxygen atoms in total. The summed E-state index contributed by atoms with van der Waals surface area (Å²) in [4.78, 5) is 11.8. The van der Waals surface area contributed by atoms with Crippen molar-refractivity contribution in [3.8, 4) is 0 Å². The molecule has 0 aliphatic rings. The second-order valence-electron chi connectivity index (χ2n) is 5.65. The maximum atomic E-state index is 13.7. The molecule has 0 amide bonds. The van der Waals surface area contributed by atoms with Gasteiger partial charge in [0.15, 0.2) is 0 Å². The van der Waals surface area contributed by atoms with Crippen molar-refractivity contribution in [2.75, 3.05) is 20.6 Å². The summed E-state index contributed by atoms with van der Waals surface area (Å²) in [6.07, 6.45) is 0. The zero-order valence-electron chi connectivity index (χ0n) is 12.7. The normalized spacial score (nSPS) is 13.0. The molecule has 1 unspecified atom stereocenters. The summed E-state index contributed by atoms with van der Waals surface area (Å²) in [5.41, 5.74) is -0.616. The summed E-state index contributed by atoms with van der Waals surface area (Å²) in [6.45, 7) is 4.93. The number of hydrogen-bond donors (Lipinski definition) is 1. The molecule has 0 aliphatic carbocycles. The third-order valence-electron chi connectivity index (χ3n) is 3.23. The third-order valence-corrected chi connectivity index (χ3v) is 3.23. The lowest BCUT2D eigenvalue weighted by Gasteiger charge is -2.25. The Bertz CT molecular complexity index is 507. The van der Waals surface area contributed by atoms with Crippen molar-refractivity contribution in [1.82, 2.24) is 10.2 Å². The van der Waals surface area contributed by atoms with Gasteiger partial charge >= 0.3 is 5.69 Å². The van der Waals surface area contributed by atoms with E-state index >= 15 is 0 Å². The van der Waals surface area contributed by atoms with E-state index in [0.29, 0.717) is 12.0 Å². The van der Waals surface area contributed by atoms with Gasteiger partial charge in [0.25, 0.3) is 0 Å². The molecule has 1 N–H and O–H groups in total. The van der Waals surface area contributed by atoms with Crippen molar-refractivity contribution in [3.63, 3.8) is 0 Å². The highest BCUT2D eigenvalue weighted by Crippen LogP contribution is 2.21. The predicted octanol–water partition coefficient (Wildman–Crippen LogP) is 2.55. The first kappa shape index (κ1) is 17.5. The summed E-state index contributed by atoms with van der Waals surface area (Å²) < 4.78 is 27.0. The van der Waals surface area contributed by atoms with E-state index in [1.165, 1.54) is 0 Å². The SMILES string of the molecule is CC(C)C(CN(C)C)NCc1cc([N+](=O)[O-])c(F)cc1F. The van der Waals surface area contributed by atoms with Crippen LogP contribution in [0.3, 0.4) is 0 Å². The van der Waals surface area contributed by atoms with Crippen molar-refractivity contribution < 1.29 is 13.7 Å². The zero-order valence-corrected chi connectivity index (χ0v) is 12.7. The minimum atomic E-state index is -1.16. The predicted molar refractivity (Wildman–Crippen MR) is 77.0 cm³/mol. The minimum absolute atomic E-state index is 0.0903. The molecule has 0 aliphatic heterocycles. The Morgan fingerprint density at radius 2 is 1.90 bits per heavy atom. The lowest BCUT2D eigenvalue weighted by atomic mass is 10.0. The first-order valence-electron chi connectivity index (χ1n) is 6.72. The molecule has 0 fully saturated rings. The molecule has 21 heavy (non-hydrogen) atoms. The van der Waals surface area contributed by atoms with Crippen LogP contribution in [0.5, 0.6) is 0 Å². The molecule has 118 valence electrons. The fraction of sp³-hybridized carbons (Fsp3) is 0.571. The minimum Gasteiger partial charge on any atom is -0.308 e. The number of hydrogen-bond acceptors (Lipinski definition) is 4. The molecule has 0 spiro atoms. The van der Waals surface area contributed by atoms with Crippen molar-refractivity contribution in [2.24, 2.45) is 5.92 Å². The number of nitro benzene ring substituents is 1. The topological polar surface area (TPSA) is 58.4 Å². The standard InChI is InChI=1S/C14H21F2N3O2/c1-9(2)13(8-18(3)4)17-7-10-5-14(19(20)21)12(16)6-11(10)15/h5-6,9,13,17H,7-8H2,1-4H3. The molecular formula is C14H21F2N3O2. The van der Waals surface area contributed by atoms with Gasteiger partial charge < -0.3 is 10.2 Å². The molecule has 0 saturated carbocycles. The fourth-order valence-corrected chi connectivity index (χ4v) is 2.00. The van der Waals surface area contributed by atoms with E-state index in [2.05, 4.69) is 5.32 Å². The van der Waals surface area contributed by atoms with Crippen LogP contribution in [0, 0.1) is 27.7 Å². The van der Waals surface area contributed by atoms with Crippen LogP contribution in [0.4, 0.5) is 14.5 Å². The highest BCUT2D eigenvalue weighted by molar-refractivity contribution is 5.37. The second kappa shape index (κ2) is 7.42. The first-order valence-corrected chi connectivity index (χ1v) is 6.72. The van der Waals surface area contributed by atoms with Crippen LogP contribution < -0.4 is 5.32 Å². The van der Waals surface area contributed by atoms with Gasteiger partial charge in [0.2, 0.25) is 5.82 Å². The number of nitro groups is 1. The van der Waals surface area contributed by atoms with E-state index in [-0.39, 0.29) is 18.2 Å². The molecule has 1 aromatic rings. The molecule has 0 heterocycles. The van der Waals surface area contributed by atoms with Crippen LogP contribution in [0.1, 0.15) is 19.4 Å². The van der Waals surface area contributed by atoms with Crippen LogP contribution in [0.2, 0.25) is 0 Å². The first-order chi connectivity index (χ1) is 9.72. The van der Waals surface area contributed by atoms with E-state index in [1.807, 2.05) is 32.8 Å². The molecule has 1 aromatic carbocycles. The largest absolute Gasteiger partial charge is 0.308 e. The number of nitrogens with one attached hydrogen (secondary N) is 1. The van der Waals surface area contributed by atoms with Crippen LogP contribution in [0.25, 0.3) is 0 Å². The highest BCUT2D eigenvalue weighted by Gasteiger charge is 2.20. The third kappa shape index (κ3) is 5.02. The monoisotopic (exact) mass is 301 g/mol. The van der Waals surface area contributed by atoms with Gasteiger partial charge in [-0.2, -0.15) is 4.39 Å². The Balaban J connectivity index is 2.87. The Kier molecular flexibility index (Phi) is 6.17. The van der Waals surface area contributed by atoms with Gasteiger partial charge in [-0.3, -0.25) is 10.1 Å². The van der Waals surface area contributed by atoms with Gasteiger partial charge in [-0.05, 0) is 20.0 Å². The summed E-state index contributed by atoms with van der Waals surface area (Å²) in [7, 11) is 3.86. The average molecular weight is 301 g/mol. The van der Waals surface area contributed by atoms with E-state index in [1.54, 1.807) is 0 Å². The molecule has 0 aromatic heterocycles. The van der Waals surface area contributed by atoms with Crippen LogP contribution >= 0.6 is 0 Å². The van der Waals surface area contributed by atoms with Gasteiger partial charge in [0.05, 0.1) is 4.92 Å².